The van der Waals surface area contributed by atoms with Crippen molar-refractivity contribution in [2.24, 2.45) is 22.9 Å². The van der Waals surface area contributed by atoms with Crippen LogP contribution in [0.2, 0.25) is 10.0 Å². The van der Waals surface area contributed by atoms with Gasteiger partial charge in [0.05, 0.1) is 11.2 Å². The van der Waals surface area contributed by atoms with E-state index in [0.717, 1.165) is 17.8 Å². The Kier molecular flexibility index (Phi) is 4.59. The van der Waals surface area contributed by atoms with E-state index in [1.807, 2.05) is 0 Å². The van der Waals surface area contributed by atoms with Crippen molar-refractivity contribution < 1.29 is 5.11 Å². The molecule has 134 valence electrons. The number of hydrazone groups is 1. The van der Waals surface area contributed by atoms with Crippen LogP contribution < -0.4 is 10.7 Å². The highest BCUT2D eigenvalue weighted by Gasteiger charge is 2.51. The maximum Gasteiger partial charge on any atom is 0.187 e. The van der Waals surface area contributed by atoms with Crippen LogP contribution in [0.25, 0.3) is 0 Å². The van der Waals surface area contributed by atoms with Gasteiger partial charge >= 0.3 is 0 Å². The van der Waals surface area contributed by atoms with Gasteiger partial charge in [0.15, 0.2) is 5.11 Å². The number of thiocarbonyl (C=S) groups is 1. The van der Waals surface area contributed by atoms with Crippen molar-refractivity contribution in [3.63, 3.8) is 0 Å². The Morgan fingerprint density at radius 3 is 2.36 bits per heavy atom. The molecule has 0 aliphatic heterocycles. The van der Waals surface area contributed by atoms with Crippen molar-refractivity contribution in [3.05, 3.63) is 27.7 Å². The van der Waals surface area contributed by atoms with Gasteiger partial charge in [0.25, 0.3) is 0 Å². The van der Waals surface area contributed by atoms with Crippen LogP contribution >= 0.6 is 35.4 Å². The SMILES string of the molecule is Oc1c(Cl)cc(Cl)cc1/C=N/NC(=S)NC12CC3CC(CC(C3)C1)C2. The highest BCUT2D eigenvalue weighted by atomic mass is 35.5. The second kappa shape index (κ2) is 6.60. The monoisotopic (exact) mass is 397 g/mol. The fourth-order valence-electron chi connectivity index (χ4n) is 5.38. The van der Waals surface area contributed by atoms with Crippen molar-refractivity contribution >= 4 is 46.7 Å². The Labute approximate surface area is 163 Å². The van der Waals surface area contributed by atoms with Crippen LogP contribution in [-0.4, -0.2) is 22.0 Å². The van der Waals surface area contributed by atoms with Gasteiger partial charge in [-0.25, -0.2) is 0 Å². The number of benzene rings is 1. The minimum absolute atomic E-state index is 0.0448. The molecule has 0 heterocycles. The molecule has 0 aromatic heterocycles. The molecule has 0 amide bonds. The number of rotatable bonds is 3. The standard InChI is InChI=1S/C18H21Cl2N3OS/c19-14-4-13(16(24)15(20)5-14)9-21-23-17(25)22-18-6-10-1-11(7-18)3-12(2-10)8-18/h4-5,9-12,24H,1-3,6-8H2,(H2,22,23,25)/b21-9+. The zero-order valence-electron chi connectivity index (χ0n) is 13.8. The first-order valence-electron chi connectivity index (χ1n) is 8.72. The van der Waals surface area contributed by atoms with Gasteiger partial charge in [-0.1, -0.05) is 23.2 Å². The quantitative estimate of drug-likeness (QED) is 0.400. The lowest BCUT2D eigenvalue weighted by Gasteiger charge is -2.57. The zero-order chi connectivity index (χ0) is 17.6. The minimum atomic E-state index is -0.0448. The Morgan fingerprint density at radius 1 is 1.16 bits per heavy atom. The van der Waals surface area contributed by atoms with Crippen molar-refractivity contribution in [3.8, 4) is 5.75 Å². The first-order chi connectivity index (χ1) is 11.9. The second-order valence-corrected chi connectivity index (χ2v) is 9.10. The summed E-state index contributed by atoms with van der Waals surface area (Å²) in [4.78, 5) is 0. The third kappa shape index (κ3) is 3.60. The third-order valence-corrected chi connectivity index (χ3v) is 6.54. The predicted octanol–water partition coefficient (Wildman–Crippen LogP) is 4.47. The highest BCUT2D eigenvalue weighted by Crippen LogP contribution is 2.55. The van der Waals surface area contributed by atoms with E-state index >= 15 is 0 Å². The molecule has 0 spiro atoms. The normalized spacial score (nSPS) is 33.0. The van der Waals surface area contributed by atoms with Crippen molar-refractivity contribution in [1.29, 1.82) is 0 Å². The fraction of sp³-hybridized carbons (Fsp3) is 0.556. The maximum atomic E-state index is 9.94. The number of halogens is 2. The largest absolute Gasteiger partial charge is 0.506 e. The summed E-state index contributed by atoms with van der Waals surface area (Å²) in [6.07, 6.45) is 9.32. The van der Waals surface area contributed by atoms with Gasteiger partial charge in [0.2, 0.25) is 0 Å². The van der Waals surface area contributed by atoms with Crippen LogP contribution in [-0.2, 0) is 0 Å². The molecule has 0 atom stereocenters. The van der Waals surface area contributed by atoms with Gasteiger partial charge in [0.1, 0.15) is 5.75 Å². The van der Waals surface area contributed by atoms with Gasteiger partial charge in [-0.05, 0) is 80.6 Å². The molecule has 4 bridgehead atoms. The molecule has 25 heavy (non-hydrogen) atoms. The molecule has 7 heteroatoms. The molecule has 4 fully saturated rings. The number of phenols is 1. The summed E-state index contributed by atoms with van der Waals surface area (Å²) >= 11 is 17.3. The number of nitrogens with one attached hydrogen (secondary N) is 2. The van der Waals surface area contributed by atoms with E-state index in [1.165, 1.54) is 50.8 Å². The predicted molar refractivity (Wildman–Crippen MR) is 105 cm³/mol. The van der Waals surface area contributed by atoms with E-state index in [0.29, 0.717) is 15.7 Å². The average Bonchev–Trinajstić information content (AvgIpc) is 2.50. The van der Waals surface area contributed by atoms with E-state index < -0.39 is 0 Å². The highest BCUT2D eigenvalue weighted by molar-refractivity contribution is 7.80. The van der Waals surface area contributed by atoms with Gasteiger partial charge in [0, 0.05) is 16.1 Å². The molecule has 1 aromatic rings. The van der Waals surface area contributed by atoms with Crippen molar-refractivity contribution in [1.82, 2.24) is 10.7 Å². The van der Waals surface area contributed by atoms with Crippen LogP contribution in [0.3, 0.4) is 0 Å². The number of phenolic OH excluding ortho intramolecular Hbond substituents is 1. The molecular weight excluding hydrogens is 377 g/mol. The Bertz CT molecular complexity index is 702. The van der Waals surface area contributed by atoms with E-state index in [1.54, 1.807) is 6.07 Å². The molecule has 3 N–H and O–H groups in total. The Hall–Kier alpha value is -1.04. The lowest BCUT2D eigenvalue weighted by Crippen LogP contribution is -2.61. The molecule has 0 unspecified atom stereocenters. The summed E-state index contributed by atoms with van der Waals surface area (Å²) in [6, 6.07) is 3.09. The summed E-state index contributed by atoms with van der Waals surface area (Å²) in [6.45, 7) is 0. The second-order valence-electron chi connectivity index (χ2n) is 7.85. The molecule has 4 saturated carbocycles. The lowest BCUT2D eigenvalue weighted by molar-refractivity contribution is -0.0101. The Balaban J connectivity index is 1.39. The molecule has 4 aliphatic rings. The van der Waals surface area contributed by atoms with Crippen LogP contribution in [0.5, 0.6) is 5.75 Å². The van der Waals surface area contributed by atoms with E-state index in [9.17, 15) is 5.11 Å². The maximum absolute atomic E-state index is 9.94. The number of hydrogen-bond acceptors (Lipinski definition) is 3. The van der Waals surface area contributed by atoms with E-state index in [4.69, 9.17) is 35.4 Å². The first kappa shape index (κ1) is 17.4. The molecule has 0 saturated heterocycles. The molecule has 1 aromatic carbocycles. The van der Waals surface area contributed by atoms with Crippen molar-refractivity contribution in [2.75, 3.05) is 0 Å². The topological polar surface area (TPSA) is 56.7 Å². The summed E-state index contributed by atoms with van der Waals surface area (Å²) in [5.74, 6) is 2.53. The molecule has 4 nitrogen and oxygen atoms in total. The Morgan fingerprint density at radius 2 is 1.76 bits per heavy atom. The average molecular weight is 398 g/mol. The van der Waals surface area contributed by atoms with E-state index in [2.05, 4.69) is 15.8 Å². The summed E-state index contributed by atoms with van der Waals surface area (Å²) in [7, 11) is 0. The van der Waals surface area contributed by atoms with Gasteiger partial charge in [-0.2, -0.15) is 5.10 Å². The van der Waals surface area contributed by atoms with Gasteiger partial charge in [-0.15, -0.1) is 0 Å². The summed E-state index contributed by atoms with van der Waals surface area (Å²) in [5, 5.41) is 18.8. The van der Waals surface area contributed by atoms with Crippen LogP contribution in [0.15, 0.2) is 17.2 Å². The first-order valence-corrected chi connectivity index (χ1v) is 9.88. The number of aromatic hydroxyl groups is 1. The van der Waals surface area contributed by atoms with Crippen molar-refractivity contribution in [2.45, 2.75) is 44.1 Å². The summed E-state index contributed by atoms with van der Waals surface area (Å²) in [5.41, 5.74) is 3.46. The minimum Gasteiger partial charge on any atom is -0.506 e. The molecule has 4 aliphatic carbocycles. The molecule has 5 rings (SSSR count). The zero-order valence-corrected chi connectivity index (χ0v) is 16.1. The van der Waals surface area contributed by atoms with Gasteiger partial charge in [-0.3, -0.25) is 5.43 Å². The number of nitrogens with zero attached hydrogens (tertiary/aromatic N) is 1. The van der Waals surface area contributed by atoms with Gasteiger partial charge < -0.3 is 10.4 Å². The van der Waals surface area contributed by atoms with E-state index in [-0.39, 0.29) is 16.3 Å². The van der Waals surface area contributed by atoms with Crippen LogP contribution in [0.1, 0.15) is 44.1 Å². The fourth-order valence-corrected chi connectivity index (χ4v) is 6.16. The molecular formula is C18H21Cl2N3OS. The van der Waals surface area contributed by atoms with Crippen LogP contribution in [0, 0.1) is 17.8 Å². The lowest BCUT2D eigenvalue weighted by atomic mass is 9.53. The van der Waals surface area contributed by atoms with Crippen LogP contribution in [0.4, 0.5) is 0 Å². The number of hydrogen-bond donors (Lipinski definition) is 3. The summed E-state index contributed by atoms with van der Waals surface area (Å²) < 4.78 is 0. The molecule has 0 radical (unpaired) electrons. The smallest absolute Gasteiger partial charge is 0.187 e. The third-order valence-electron chi connectivity index (χ3n) is 5.84.